The van der Waals surface area contributed by atoms with Crippen LogP contribution in [0.15, 0.2) is 0 Å². The fraction of sp³-hybridized carbons (Fsp3) is 0. The molecule has 15 heavy (non-hydrogen) atoms. The maximum Gasteiger partial charge on any atom is 4.00 e. The molecule has 0 bridgehead atoms. The molecule has 0 aromatic rings. The van der Waals surface area contributed by atoms with Crippen LogP contribution in [-0.2, 0) is 88.2 Å². The normalized spacial score (nSPS) is 0. The van der Waals surface area contributed by atoms with Crippen LogP contribution in [0.1, 0.15) is 0 Å². The van der Waals surface area contributed by atoms with E-state index < -0.39 is 0 Å². The van der Waals surface area contributed by atoms with E-state index >= 15 is 0 Å². The Morgan fingerprint density at radius 3 is 0.267 bits per heavy atom. The van der Waals surface area contributed by atoms with Crippen LogP contribution in [0.25, 0.3) is 0 Å². The minimum absolute atomic E-state index is 0. The van der Waals surface area contributed by atoms with Crippen LogP contribution in [0.5, 0.6) is 0 Å². The molecule has 8 radical (unpaired) electrons. The van der Waals surface area contributed by atoms with E-state index in [2.05, 4.69) is 0 Å². The minimum Gasteiger partial charge on any atom is -2.00 e. The van der Waals surface area contributed by atoms with E-state index in [1.54, 1.807) is 0 Å². The van der Waals surface area contributed by atoms with Crippen molar-refractivity contribution in [3.63, 3.8) is 0 Å². The molecule has 0 aromatic heterocycles. The minimum atomic E-state index is 0. The Balaban J connectivity index is 0. The maximum atomic E-state index is 0. The Morgan fingerprint density at radius 2 is 0.267 bits per heavy atom. The zero-order valence-corrected chi connectivity index (χ0v) is 24.5. The van der Waals surface area contributed by atoms with Gasteiger partial charge in [-0.2, -0.15) is 0 Å². The van der Waals surface area contributed by atoms with Gasteiger partial charge in [0.25, 0.3) is 0 Å². The predicted molar refractivity (Wildman–Crippen MR) is 29.2 cm³/mol. The van der Waals surface area contributed by atoms with Crippen LogP contribution in [0.2, 0.25) is 0 Å². The van der Waals surface area contributed by atoms with Gasteiger partial charge in [0.2, 0.25) is 0 Å². The molecule has 9 nitrogen and oxygen atoms in total. The molecule has 0 fully saturated rings. The van der Waals surface area contributed by atoms with Crippen LogP contribution < -0.4 is 0 Å². The summed E-state index contributed by atoms with van der Waals surface area (Å²) in [5.41, 5.74) is 0. The van der Waals surface area contributed by atoms with Crippen LogP contribution in [0, 0.1) is 0 Å². The van der Waals surface area contributed by atoms with Crippen LogP contribution in [-0.4, -0.2) is 107 Å². The van der Waals surface area contributed by atoms with Gasteiger partial charge in [-0.1, -0.05) is 0 Å². The van der Waals surface area contributed by atoms with Gasteiger partial charge in [-0.05, 0) is 0 Å². The van der Waals surface area contributed by atoms with E-state index in [9.17, 15) is 0 Å². The molecule has 0 saturated carbocycles. The molecule has 0 rings (SSSR count). The van der Waals surface area contributed by atoms with Crippen molar-refractivity contribution in [3.8, 4) is 0 Å². The standard InChI is InChI=1S/2Bi.9O.2Pb.2Ru/q2*+3;9*-2;2*+2;2*+4. The molecule has 0 aliphatic rings. The molecule has 0 aliphatic heterocycles. The molecule has 0 aliphatic carbocycles. The Bertz CT molecular complexity index is 24.1. The summed E-state index contributed by atoms with van der Waals surface area (Å²) >= 11 is 0. The van der Waals surface area contributed by atoms with Gasteiger partial charge in [0.15, 0.2) is 0 Å². The molecule has 0 unspecified atom stereocenters. The molecule has 0 atom stereocenters. The molecular weight excluding hydrogens is 1180 g/mol. The summed E-state index contributed by atoms with van der Waals surface area (Å²) in [6.07, 6.45) is 0. The second-order valence-corrected chi connectivity index (χ2v) is 0. The first-order valence-corrected chi connectivity index (χ1v) is 0. The van der Waals surface area contributed by atoms with Crippen molar-refractivity contribution in [2.75, 3.05) is 0 Å². The van der Waals surface area contributed by atoms with E-state index in [-0.39, 0.29) is 195 Å². The second-order valence-electron chi connectivity index (χ2n) is 0. The second kappa shape index (κ2) is 280. The van der Waals surface area contributed by atoms with Crippen molar-refractivity contribution in [2.45, 2.75) is 0 Å². The Morgan fingerprint density at radius 1 is 0.267 bits per heavy atom. The van der Waals surface area contributed by atoms with Gasteiger partial charge in [-0.25, -0.2) is 0 Å². The zero-order valence-electron chi connectivity index (χ0n) is 6.28. The quantitative estimate of drug-likeness (QED) is 0.227. The van der Waals surface area contributed by atoms with Gasteiger partial charge in [0.05, 0.1) is 0 Å². The zero-order chi connectivity index (χ0) is 0. The fourth-order valence-electron chi connectivity index (χ4n) is 0. The molecule has 0 amide bonds. The van der Waals surface area contributed by atoms with Crippen molar-refractivity contribution >= 4 is 107 Å². The predicted octanol–water partition coefficient (Wildman–Crippen LogP) is -2.60. The third kappa shape index (κ3) is 249. The Hall–Kier alpha value is 4.50. The average molecular weight is 1180 g/mol. The summed E-state index contributed by atoms with van der Waals surface area (Å²) in [5, 5.41) is 0. The third-order valence-electron chi connectivity index (χ3n) is 0. The van der Waals surface area contributed by atoms with Gasteiger partial charge in [0.1, 0.15) is 0 Å². The number of hydrogen-bond donors (Lipinski definition) is 0. The molecule has 88 valence electrons. The van der Waals surface area contributed by atoms with Crippen LogP contribution in [0.3, 0.4) is 0 Å². The third-order valence-corrected chi connectivity index (χ3v) is 0. The fourth-order valence-corrected chi connectivity index (χ4v) is 0. The molecule has 0 N–H and O–H groups in total. The first-order chi connectivity index (χ1) is 0. The average Bonchev–Trinajstić information content (AvgIpc) is 0. The van der Waals surface area contributed by atoms with E-state index in [1.165, 1.54) is 0 Å². The monoisotopic (exact) mass is 1180 g/mol. The molecule has 0 aromatic carbocycles. The summed E-state index contributed by atoms with van der Waals surface area (Å²) in [6, 6.07) is 0. The summed E-state index contributed by atoms with van der Waals surface area (Å²) in [4.78, 5) is 0. The van der Waals surface area contributed by atoms with E-state index in [4.69, 9.17) is 0 Å². The smallest absolute Gasteiger partial charge is 2.00 e. The van der Waals surface area contributed by atoms with E-state index in [0.29, 0.717) is 0 Å². The van der Waals surface area contributed by atoms with Crippen molar-refractivity contribution in [1.29, 1.82) is 0 Å². The van der Waals surface area contributed by atoms with Gasteiger partial charge in [-0.15, -0.1) is 0 Å². The van der Waals surface area contributed by atoms with Crippen molar-refractivity contribution in [1.82, 2.24) is 0 Å². The molecule has 0 spiro atoms. The largest absolute Gasteiger partial charge is 4.00 e. The van der Waals surface area contributed by atoms with Gasteiger partial charge >= 0.3 is 146 Å². The number of rotatable bonds is 0. The molecule has 0 saturated heterocycles. The first-order valence-electron chi connectivity index (χ1n) is 0. The summed E-state index contributed by atoms with van der Waals surface area (Å²) in [5.74, 6) is 0. The van der Waals surface area contributed by atoms with Crippen molar-refractivity contribution in [2.24, 2.45) is 0 Å². The van der Waals surface area contributed by atoms with Gasteiger partial charge in [-0.3, -0.25) is 0 Å². The van der Waals surface area contributed by atoms with Crippen molar-refractivity contribution in [3.05, 3.63) is 0 Å². The molecular formula is Bi2O9Pb2Ru2. The Kier molecular flexibility index (Phi) is 6160. The van der Waals surface area contributed by atoms with Crippen LogP contribution >= 0.6 is 0 Å². The van der Waals surface area contributed by atoms with E-state index in [1.807, 2.05) is 0 Å². The van der Waals surface area contributed by atoms with Crippen molar-refractivity contribution < 1.29 is 88.2 Å². The Labute approximate surface area is 192 Å². The topological polar surface area (TPSA) is 256 Å². The first kappa shape index (κ1) is 330. The SMILES string of the molecule is [Bi+3].[Bi+3].[O-2].[O-2].[O-2].[O-2].[O-2].[O-2].[O-2].[O-2].[O-2].[Pb+2].[Pb+2].[Ru+4].[Ru+4]. The van der Waals surface area contributed by atoms with Crippen LogP contribution in [0.4, 0.5) is 0 Å². The summed E-state index contributed by atoms with van der Waals surface area (Å²) in [7, 11) is 0. The van der Waals surface area contributed by atoms with Gasteiger partial charge < -0.3 is 49.3 Å². The number of hydrogen-bond acceptors (Lipinski definition) is 0. The summed E-state index contributed by atoms with van der Waals surface area (Å²) < 4.78 is 0. The summed E-state index contributed by atoms with van der Waals surface area (Å²) in [6.45, 7) is 0. The molecule has 15 heteroatoms. The maximum absolute atomic E-state index is 0. The van der Waals surface area contributed by atoms with Gasteiger partial charge in [0, 0.05) is 0 Å². The molecule has 0 heterocycles. The van der Waals surface area contributed by atoms with E-state index in [0.717, 1.165) is 0 Å².